The summed E-state index contributed by atoms with van der Waals surface area (Å²) in [7, 11) is 0. The molecule has 0 rings (SSSR count). The molecule has 0 heterocycles. The Morgan fingerprint density at radius 2 is 2.18 bits per heavy atom. The van der Waals surface area contributed by atoms with Crippen molar-refractivity contribution in [3.8, 4) is 0 Å². The van der Waals surface area contributed by atoms with Gasteiger partial charge in [0, 0.05) is 6.54 Å². The number of alkyl carbamates (subject to hydrolysis) is 1. The van der Waals surface area contributed by atoms with Crippen molar-refractivity contribution in [1.29, 1.82) is 0 Å². The summed E-state index contributed by atoms with van der Waals surface area (Å²) in [5.74, 6) is 0. The lowest BCUT2D eigenvalue weighted by Crippen LogP contribution is -2.28. The fraction of sp³-hybridized carbons (Fsp3) is 0.875. The quantitative estimate of drug-likeness (QED) is 0.680. The van der Waals surface area contributed by atoms with Crippen molar-refractivity contribution in [1.82, 2.24) is 5.32 Å². The van der Waals surface area contributed by atoms with E-state index in [0.29, 0.717) is 6.54 Å². The van der Waals surface area contributed by atoms with Crippen LogP contribution in [0.5, 0.6) is 0 Å². The van der Waals surface area contributed by atoms with E-state index in [4.69, 9.17) is 4.74 Å². The van der Waals surface area contributed by atoms with Gasteiger partial charge < -0.3 is 10.1 Å². The first kappa shape index (κ1) is 10.3. The van der Waals surface area contributed by atoms with Crippen LogP contribution in [0.1, 0.15) is 33.6 Å². The summed E-state index contributed by atoms with van der Waals surface area (Å²) in [5, 5.41) is 2.64. The van der Waals surface area contributed by atoms with Crippen molar-refractivity contribution >= 4 is 6.09 Å². The fourth-order valence-electron chi connectivity index (χ4n) is 0.535. The van der Waals surface area contributed by atoms with Gasteiger partial charge in [-0.15, -0.1) is 0 Å². The van der Waals surface area contributed by atoms with Crippen molar-refractivity contribution in [2.45, 2.75) is 39.7 Å². The van der Waals surface area contributed by atoms with Crippen LogP contribution in [0.15, 0.2) is 0 Å². The predicted octanol–water partition coefficient (Wildman–Crippen LogP) is 1.92. The molecule has 0 aromatic rings. The van der Waals surface area contributed by atoms with Gasteiger partial charge in [-0.25, -0.2) is 4.79 Å². The third-order valence-corrected chi connectivity index (χ3v) is 1.40. The SMILES string of the molecule is CCCNC(=O)OC(C)CC. The summed E-state index contributed by atoms with van der Waals surface area (Å²) in [5.41, 5.74) is 0. The molecule has 0 aromatic heterocycles. The number of carbonyl (C=O) groups is 1. The Bertz CT molecular complexity index is 115. The van der Waals surface area contributed by atoms with E-state index in [1.165, 1.54) is 0 Å². The molecule has 0 fully saturated rings. The van der Waals surface area contributed by atoms with Gasteiger partial charge in [0.25, 0.3) is 0 Å². The normalized spacial score (nSPS) is 12.3. The van der Waals surface area contributed by atoms with Gasteiger partial charge in [-0.1, -0.05) is 13.8 Å². The Labute approximate surface area is 68.1 Å². The molecule has 11 heavy (non-hydrogen) atoms. The summed E-state index contributed by atoms with van der Waals surface area (Å²) in [6, 6.07) is 0. The van der Waals surface area contributed by atoms with Gasteiger partial charge in [0.2, 0.25) is 0 Å². The largest absolute Gasteiger partial charge is 0.447 e. The molecule has 0 aromatic carbocycles. The van der Waals surface area contributed by atoms with Gasteiger partial charge >= 0.3 is 6.09 Å². The van der Waals surface area contributed by atoms with E-state index >= 15 is 0 Å². The van der Waals surface area contributed by atoms with Crippen molar-refractivity contribution in [3.63, 3.8) is 0 Å². The highest BCUT2D eigenvalue weighted by Gasteiger charge is 2.04. The van der Waals surface area contributed by atoms with Crippen LogP contribution in [0, 0.1) is 0 Å². The molecule has 1 unspecified atom stereocenters. The maximum atomic E-state index is 10.8. The van der Waals surface area contributed by atoms with Crippen LogP contribution in [-0.2, 0) is 4.74 Å². The number of amides is 1. The zero-order chi connectivity index (χ0) is 8.69. The highest BCUT2D eigenvalue weighted by molar-refractivity contribution is 5.67. The molecule has 66 valence electrons. The number of ether oxygens (including phenoxy) is 1. The Balaban J connectivity index is 3.36. The zero-order valence-electron chi connectivity index (χ0n) is 7.52. The second-order valence-corrected chi connectivity index (χ2v) is 2.55. The fourth-order valence-corrected chi connectivity index (χ4v) is 0.535. The maximum Gasteiger partial charge on any atom is 0.407 e. The highest BCUT2D eigenvalue weighted by Crippen LogP contribution is 1.95. The van der Waals surface area contributed by atoms with Gasteiger partial charge in [-0.05, 0) is 19.8 Å². The summed E-state index contributed by atoms with van der Waals surface area (Å²) >= 11 is 0. The van der Waals surface area contributed by atoms with Gasteiger partial charge in [0.1, 0.15) is 6.10 Å². The lowest BCUT2D eigenvalue weighted by atomic mass is 10.3. The maximum absolute atomic E-state index is 10.8. The average Bonchev–Trinajstić information content (AvgIpc) is 2.00. The van der Waals surface area contributed by atoms with E-state index in [1.54, 1.807) is 0 Å². The average molecular weight is 159 g/mol. The molecule has 0 saturated carbocycles. The van der Waals surface area contributed by atoms with E-state index in [-0.39, 0.29) is 12.2 Å². The molecule has 0 spiro atoms. The molecule has 3 heteroatoms. The van der Waals surface area contributed by atoms with Crippen LogP contribution in [0.25, 0.3) is 0 Å². The molecule has 0 bridgehead atoms. The molecule has 1 atom stereocenters. The molecule has 0 aliphatic heterocycles. The van der Waals surface area contributed by atoms with Gasteiger partial charge in [-0.3, -0.25) is 0 Å². The number of hydrogen-bond donors (Lipinski definition) is 1. The van der Waals surface area contributed by atoms with Crippen LogP contribution in [0.4, 0.5) is 4.79 Å². The number of hydrogen-bond acceptors (Lipinski definition) is 2. The Morgan fingerprint density at radius 3 is 2.64 bits per heavy atom. The van der Waals surface area contributed by atoms with Crippen LogP contribution >= 0.6 is 0 Å². The molecule has 0 radical (unpaired) electrons. The molecule has 0 saturated heterocycles. The minimum atomic E-state index is -0.304. The first-order chi connectivity index (χ1) is 5.20. The Hall–Kier alpha value is -0.730. The lowest BCUT2D eigenvalue weighted by molar-refractivity contribution is 0.105. The van der Waals surface area contributed by atoms with Crippen molar-refractivity contribution in [2.75, 3.05) is 6.54 Å². The first-order valence-electron chi connectivity index (χ1n) is 4.15. The van der Waals surface area contributed by atoms with E-state index in [2.05, 4.69) is 5.32 Å². The predicted molar refractivity (Wildman–Crippen MR) is 44.5 cm³/mol. The summed E-state index contributed by atoms with van der Waals surface area (Å²) < 4.78 is 4.95. The van der Waals surface area contributed by atoms with Crippen molar-refractivity contribution in [3.05, 3.63) is 0 Å². The molecule has 3 nitrogen and oxygen atoms in total. The summed E-state index contributed by atoms with van der Waals surface area (Å²) in [6.45, 7) is 6.56. The lowest BCUT2D eigenvalue weighted by Gasteiger charge is -2.10. The van der Waals surface area contributed by atoms with E-state index in [1.807, 2.05) is 20.8 Å². The summed E-state index contributed by atoms with van der Waals surface area (Å²) in [4.78, 5) is 10.8. The van der Waals surface area contributed by atoms with Gasteiger partial charge in [0.05, 0.1) is 0 Å². The standard InChI is InChI=1S/C8H17NO2/c1-4-6-9-8(10)11-7(3)5-2/h7H,4-6H2,1-3H3,(H,9,10). The number of carbonyl (C=O) groups excluding carboxylic acids is 1. The molecule has 1 N–H and O–H groups in total. The molecule has 0 aliphatic rings. The van der Waals surface area contributed by atoms with E-state index in [9.17, 15) is 4.79 Å². The Kier molecular flexibility index (Phi) is 5.61. The smallest absolute Gasteiger partial charge is 0.407 e. The van der Waals surface area contributed by atoms with Crippen LogP contribution in [-0.4, -0.2) is 18.7 Å². The van der Waals surface area contributed by atoms with Gasteiger partial charge in [0.15, 0.2) is 0 Å². The minimum absolute atomic E-state index is 0.0202. The second-order valence-electron chi connectivity index (χ2n) is 2.55. The highest BCUT2D eigenvalue weighted by atomic mass is 16.6. The van der Waals surface area contributed by atoms with Crippen LogP contribution in [0.3, 0.4) is 0 Å². The molecule has 0 aliphatic carbocycles. The summed E-state index contributed by atoms with van der Waals surface area (Å²) in [6.07, 6.45) is 1.52. The van der Waals surface area contributed by atoms with Crippen LogP contribution < -0.4 is 5.32 Å². The minimum Gasteiger partial charge on any atom is -0.447 e. The topological polar surface area (TPSA) is 38.3 Å². The van der Waals surface area contributed by atoms with Crippen LogP contribution in [0.2, 0.25) is 0 Å². The van der Waals surface area contributed by atoms with Gasteiger partial charge in [-0.2, -0.15) is 0 Å². The monoisotopic (exact) mass is 159 g/mol. The van der Waals surface area contributed by atoms with Crippen molar-refractivity contribution < 1.29 is 9.53 Å². The third-order valence-electron chi connectivity index (χ3n) is 1.40. The number of nitrogens with one attached hydrogen (secondary N) is 1. The zero-order valence-corrected chi connectivity index (χ0v) is 7.52. The third kappa shape index (κ3) is 5.70. The molecular formula is C8H17NO2. The molecular weight excluding hydrogens is 142 g/mol. The second kappa shape index (κ2) is 6.01. The van der Waals surface area contributed by atoms with E-state index in [0.717, 1.165) is 12.8 Å². The van der Waals surface area contributed by atoms with Crippen molar-refractivity contribution in [2.24, 2.45) is 0 Å². The Morgan fingerprint density at radius 1 is 1.55 bits per heavy atom. The van der Waals surface area contributed by atoms with E-state index < -0.39 is 0 Å². The molecule has 1 amide bonds. The first-order valence-corrected chi connectivity index (χ1v) is 4.15. The number of rotatable bonds is 4.